The average molecular weight is 224 g/mol. The second-order valence-electron chi connectivity index (χ2n) is 3.32. The SMILES string of the molecule is CCNC(C(N)=O)c1ccc(OC)c(O)c1. The number of carbonyl (C=O) groups excluding carboxylic acids is 1. The number of likely N-dealkylation sites (N-methyl/N-ethyl adjacent to an activating group) is 1. The minimum Gasteiger partial charge on any atom is -0.504 e. The molecular weight excluding hydrogens is 208 g/mol. The molecule has 1 amide bonds. The Bertz CT molecular complexity index is 379. The van der Waals surface area contributed by atoms with Crippen molar-refractivity contribution < 1.29 is 14.6 Å². The van der Waals surface area contributed by atoms with E-state index in [4.69, 9.17) is 10.5 Å². The predicted molar refractivity (Wildman–Crippen MR) is 60.3 cm³/mol. The van der Waals surface area contributed by atoms with Crippen molar-refractivity contribution in [2.75, 3.05) is 13.7 Å². The van der Waals surface area contributed by atoms with Crippen LogP contribution in [0.2, 0.25) is 0 Å². The van der Waals surface area contributed by atoms with Gasteiger partial charge in [0.2, 0.25) is 5.91 Å². The molecule has 0 aliphatic carbocycles. The van der Waals surface area contributed by atoms with Crippen LogP contribution in [0.15, 0.2) is 18.2 Å². The lowest BCUT2D eigenvalue weighted by molar-refractivity contribution is -0.120. The number of carbonyl (C=O) groups is 1. The standard InChI is InChI=1S/C11H16N2O3/c1-3-13-10(11(12)15)7-4-5-9(16-2)8(14)6-7/h4-6,10,13-14H,3H2,1-2H3,(H2,12,15). The highest BCUT2D eigenvalue weighted by Crippen LogP contribution is 2.28. The van der Waals surface area contributed by atoms with Crippen molar-refractivity contribution in [1.82, 2.24) is 5.32 Å². The Morgan fingerprint density at radius 2 is 2.31 bits per heavy atom. The number of primary amides is 1. The first kappa shape index (κ1) is 12.3. The molecule has 4 N–H and O–H groups in total. The molecule has 16 heavy (non-hydrogen) atoms. The number of hydrogen-bond acceptors (Lipinski definition) is 4. The van der Waals surface area contributed by atoms with Crippen LogP contribution in [0.25, 0.3) is 0 Å². The molecule has 1 unspecified atom stereocenters. The summed E-state index contributed by atoms with van der Waals surface area (Å²) < 4.78 is 4.91. The zero-order valence-electron chi connectivity index (χ0n) is 9.36. The molecule has 5 heteroatoms. The maximum absolute atomic E-state index is 11.2. The highest BCUT2D eigenvalue weighted by Gasteiger charge is 2.17. The molecule has 0 bridgehead atoms. The van der Waals surface area contributed by atoms with Gasteiger partial charge in [-0.05, 0) is 24.2 Å². The first-order valence-electron chi connectivity index (χ1n) is 4.99. The number of benzene rings is 1. The summed E-state index contributed by atoms with van der Waals surface area (Å²) in [5.74, 6) is -0.126. The van der Waals surface area contributed by atoms with Crippen LogP contribution in [0, 0.1) is 0 Å². The molecule has 1 aromatic carbocycles. The van der Waals surface area contributed by atoms with Crippen LogP contribution in [0.4, 0.5) is 0 Å². The van der Waals surface area contributed by atoms with E-state index in [-0.39, 0.29) is 5.75 Å². The Kier molecular flexibility index (Phi) is 4.13. The lowest BCUT2D eigenvalue weighted by Gasteiger charge is -2.15. The van der Waals surface area contributed by atoms with Crippen LogP contribution in [0.5, 0.6) is 11.5 Å². The van der Waals surface area contributed by atoms with Gasteiger partial charge in [0.05, 0.1) is 7.11 Å². The maximum atomic E-state index is 11.2. The van der Waals surface area contributed by atoms with Gasteiger partial charge in [-0.15, -0.1) is 0 Å². The molecule has 0 spiro atoms. The second kappa shape index (κ2) is 5.37. The molecule has 1 aromatic rings. The molecule has 5 nitrogen and oxygen atoms in total. The van der Waals surface area contributed by atoms with Crippen molar-refractivity contribution in [3.05, 3.63) is 23.8 Å². The van der Waals surface area contributed by atoms with E-state index in [2.05, 4.69) is 5.32 Å². The van der Waals surface area contributed by atoms with Crippen molar-refractivity contribution in [3.63, 3.8) is 0 Å². The molecule has 88 valence electrons. The number of rotatable bonds is 5. The molecule has 0 aliphatic heterocycles. The van der Waals surface area contributed by atoms with E-state index < -0.39 is 11.9 Å². The summed E-state index contributed by atoms with van der Waals surface area (Å²) in [6.07, 6.45) is 0. The van der Waals surface area contributed by atoms with Crippen LogP contribution in [0.1, 0.15) is 18.5 Å². The van der Waals surface area contributed by atoms with Gasteiger partial charge in [0.15, 0.2) is 11.5 Å². The van der Waals surface area contributed by atoms with Crippen LogP contribution < -0.4 is 15.8 Å². The lowest BCUT2D eigenvalue weighted by atomic mass is 10.1. The molecule has 0 saturated heterocycles. The average Bonchev–Trinajstić information content (AvgIpc) is 2.25. The molecule has 0 radical (unpaired) electrons. The maximum Gasteiger partial charge on any atom is 0.239 e. The Balaban J connectivity index is 3.01. The summed E-state index contributed by atoms with van der Waals surface area (Å²) in [5.41, 5.74) is 5.88. The number of ether oxygens (including phenoxy) is 1. The lowest BCUT2D eigenvalue weighted by Crippen LogP contribution is -2.33. The number of aromatic hydroxyl groups is 1. The van der Waals surface area contributed by atoms with E-state index in [1.807, 2.05) is 6.92 Å². The minimum atomic E-state index is -0.596. The van der Waals surface area contributed by atoms with Crippen LogP contribution in [-0.4, -0.2) is 24.7 Å². The van der Waals surface area contributed by atoms with Gasteiger partial charge in [-0.1, -0.05) is 13.0 Å². The van der Waals surface area contributed by atoms with Gasteiger partial charge in [-0.25, -0.2) is 0 Å². The molecule has 0 heterocycles. The van der Waals surface area contributed by atoms with Gasteiger partial charge in [-0.2, -0.15) is 0 Å². The van der Waals surface area contributed by atoms with E-state index >= 15 is 0 Å². The van der Waals surface area contributed by atoms with Gasteiger partial charge in [-0.3, -0.25) is 4.79 Å². The molecule has 1 rings (SSSR count). The third kappa shape index (κ3) is 2.64. The number of phenolic OH excluding ortho intramolecular Hbond substituents is 1. The third-order valence-electron chi connectivity index (χ3n) is 2.23. The fraction of sp³-hybridized carbons (Fsp3) is 0.364. The normalized spacial score (nSPS) is 12.1. The van der Waals surface area contributed by atoms with E-state index in [0.717, 1.165) is 0 Å². The van der Waals surface area contributed by atoms with E-state index in [0.29, 0.717) is 17.9 Å². The zero-order chi connectivity index (χ0) is 12.1. The number of nitrogens with one attached hydrogen (secondary N) is 1. The number of hydrogen-bond donors (Lipinski definition) is 3. The van der Waals surface area contributed by atoms with Crippen LogP contribution in [-0.2, 0) is 4.79 Å². The zero-order valence-corrected chi connectivity index (χ0v) is 9.36. The van der Waals surface area contributed by atoms with Gasteiger partial charge in [0.25, 0.3) is 0 Å². The Labute approximate surface area is 94.2 Å². The predicted octanol–water partition coefficient (Wildman–Crippen LogP) is 0.537. The van der Waals surface area contributed by atoms with E-state index in [9.17, 15) is 9.90 Å². The summed E-state index contributed by atoms with van der Waals surface area (Å²) in [6, 6.07) is 4.16. The summed E-state index contributed by atoms with van der Waals surface area (Å²) in [4.78, 5) is 11.2. The first-order valence-corrected chi connectivity index (χ1v) is 4.99. The highest BCUT2D eigenvalue weighted by atomic mass is 16.5. The fourth-order valence-corrected chi connectivity index (χ4v) is 1.47. The van der Waals surface area contributed by atoms with Crippen molar-refractivity contribution in [1.29, 1.82) is 0 Å². The fourth-order valence-electron chi connectivity index (χ4n) is 1.47. The smallest absolute Gasteiger partial charge is 0.239 e. The molecular formula is C11H16N2O3. The minimum absolute atomic E-state index is 0.0100. The van der Waals surface area contributed by atoms with Crippen LogP contribution in [0.3, 0.4) is 0 Å². The summed E-state index contributed by atoms with van der Waals surface area (Å²) >= 11 is 0. The largest absolute Gasteiger partial charge is 0.504 e. The number of phenols is 1. The molecule has 0 aromatic heterocycles. The number of amides is 1. The Morgan fingerprint density at radius 3 is 2.75 bits per heavy atom. The third-order valence-corrected chi connectivity index (χ3v) is 2.23. The highest BCUT2D eigenvalue weighted by molar-refractivity contribution is 5.81. The van der Waals surface area contributed by atoms with E-state index in [1.54, 1.807) is 12.1 Å². The molecule has 1 atom stereocenters. The Hall–Kier alpha value is -1.75. The second-order valence-corrected chi connectivity index (χ2v) is 3.32. The number of nitrogens with two attached hydrogens (primary N) is 1. The molecule has 0 aliphatic rings. The number of methoxy groups -OCH3 is 1. The first-order chi connectivity index (χ1) is 7.60. The van der Waals surface area contributed by atoms with Gasteiger partial charge >= 0.3 is 0 Å². The quantitative estimate of drug-likeness (QED) is 0.681. The Morgan fingerprint density at radius 1 is 1.62 bits per heavy atom. The molecule has 0 saturated carbocycles. The van der Waals surface area contributed by atoms with Gasteiger partial charge in [0.1, 0.15) is 6.04 Å². The monoisotopic (exact) mass is 224 g/mol. The van der Waals surface area contributed by atoms with Gasteiger partial charge < -0.3 is 20.9 Å². The van der Waals surface area contributed by atoms with Crippen LogP contribution >= 0.6 is 0 Å². The van der Waals surface area contributed by atoms with Gasteiger partial charge in [0, 0.05) is 0 Å². The summed E-state index contributed by atoms with van der Waals surface area (Å²) in [7, 11) is 1.46. The van der Waals surface area contributed by atoms with Crippen molar-refractivity contribution in [2.24, 2.45) is 5.73 Å². The summed E-state index contributed by atoms with van der Waals surface area (Å²) in [6.45, 7) is 2.49. The topological polar surface area (TPSA) is 84.6 Å². The van der Waals surface area contributed by atoms with Crippen molar-refractivity contribution in [3.8, 4) is 11.5 Å². The van der Waals surface area contributed by atoms with E-state index in [1.165, 1.54) is 13.2 Å². The van der Waals surface area contributed by atoms with Crippen molar-refractivity contribution >= 4 is 5.91 Å². The van der Waals surface area contributed by atoms with Crippen molar-refractivity contribution in [2.45, 2.75) is 13.0 Å². The summed E-state index contributed by atoms with van der Waals surface area (Å²) in [5, 5.41) is 12.5. The molecule has 0 fully saturated rings.